The van der Waals surface area contributed by atoms with Crippen LogP contribution in [-0.2, 0) is 0 Å². The fourth-order valence-corrected chi connectivity index (χ4v) is 3.29. The van der Waals surface area contributed by atoms with Gasteiger partial charge in [-0.1, -0.05) is 0 Å². The van der Waals surface area contributed by atoms with Gasteiger partial charge in [-0.2, -0.15) is 16.9 Å². The van der Waals surface area contributed by atoms with Crippen LogP contribution in [0.4, 0.5) is 0 Å². The Kier molecular flexibility index (Phi) is 2.93. The van der Waals surface area contributed by atoms with Crippen molar-refractivity contribution in [1.29, 1.82) is 0 Å². The first-order valence-electron chi connectivity index (χ1n) is 5.85. The Morgan fingerprint density at radius 3 is 3.00 bits per heavy atom. The molecule has 0 unspecified atom stereocenters. The Hall–Kier alpha value is -1.23. The molecule has 0 atom stereocenters. The van der Waals surface area contributed by atoms with Crippen LogP contribution in [-0.4, -0.2) is 33.2 Å². The van der Waals surface area contributed by atoms with Crippen molar-refractivity contribution in [1.82, 2.24) is 14.6 Å². The van der Waals surface area contributed by atoms with Crippen LogP contribution in [0.3, 0.4) is 0 Å². The van der Waals surface area contributed by atoms with Gasteiger partial charge in [0, 0.05) is 12.1 Å². The molecule has 4 nitrogen and oxygen atoms in total. The highest BCUT2D eigenvalue weighted by Gasteiger charge is 2.20. The number of fused-ring (bicyclic) bond motifs is 1. The molecule has 1 saturated heterocycles. The second-order valence-corrected chi connectivity index (χ2v) is 5.43. The maximum Gasteiger partial charge on any atom is 0.198 e. The summed E-state index contributed by atoms with van der Waals surface area (Å²) in [4.78, 5) is 4.62. The van der Waals surface area contributed by atoms with Gasteiger partial charge in [-0.05, 0) is 36.5 Å². The third-order valence-corrected chi connectivity index (χ3v) is 4.20. The molecule has 17 heavy (non-hydrogen) atoms. The molecule has 0 N–H and O–H groups in total. The van der Waals surface area contributed by atoms with Crippen LogP contribution in [0.2, 0.25) is 0 Å². The normalized spacial score (nSPS) is 17.5. The highest BCUT2D eigenvalue weighted by atomic mass is 32.2. The van der Waals surface area contributed by atoms with E-state index in [1.165, 1.54) is 24.3 Å². The summed E-state index contributed by atoms with van der Waals surface area (Å²) in [6, 6.07) is 3.85. The van der Waals surface area contributed by atoms with Gasteiger partial charge in [0.1, 0.15) is 0 Å². The lowest BCUT2D eigenvalue weighted by Gasteiger charge is -2.17. The van der Waals surface area contributed by atoms with Gasteiger partial charge in [-0.25, -0.2) is 9.50 Å². The molecular weight excluding hydrogens is 234 g/mol. The summed E-state index contributed by atoms with van der Waals surface area (Å²) < 4.78 is 7.12. The van der Waals surface area contributed by atoms with Crippen molar-refractivity contribution in [3.05, 3.63) is 24.2 Å². The van der Waals surface area contributed by atoms with Gasteiger partial charge >= 0.3 is 0 Å². The smallest absolute Gasteiger partial charge is 0.198 e. The number of hydrogen-bond donors (Lipinski definition) is 0. The first-order valence-corrected chi connectivity index (χ1v) is 7.01. The standard InChI is InChI=1S/C12H15N3OS/c1-16-10-3-2-6-15-12(10)13-11(14-15)9-4-7-17-8-5-9/h2-3,6,9H,4-5,7-8H2,1H3. The Balaban J connectivity index is 2.00. The Bertz CT molecular complexity index is 519. The van der Waals surface area contributed by atoms with Gasteiger partial charge in [-0.3, -0.25) is 0 Å². The highest BCUT2D eigenvalue weighted by molar-refractivity contribution is 7.99. The van der Waals surface area contributed by atoms with E-state index in [1.807, 2.05) is 34.6 Å². The third kappa shape index (κ3) is 1.99. The Morgan fingerprint density at radius 1 is 1.41 bits per heavy atom. The summed E-state index contributed by atoms with van der Waals surface area (Å²) in [7, 11) is 1.67. The van der Waals surface area contributed by atoms with E-state index in [2.05, 4.69) is 10.1 Å². The zero-order valence-corrected chi connectivity index (χ0v) is 10.6. The van der Waals surface area contributed by atoms with Gasteiger partial charge in [0.25, 0.3) is 0 Å². The number of hydrogen-bond acceptors (Lipinski definition) is 4. The highest BCUT2D eigenvalue weighted by Crippen LogP contribution is 2.30. The molecular formula is C12H15N3OS. The van der Waals surface area contributed by atoms with E-state index in [0.717, 1.165) is 17.2 Å². The van der Waals surface area contributed by atoms with Crippen LogP contribution < -0.4 is 4.74 Å². The predicted octanol–water partition coefficient (Wildman–Crippen LogP) is 2.35. The van der Waals surface area contributed by atoms with Crippen molar-refractivity contribution in [3.63, 3.8) is 0 Å². The third-order valence-electron chi connectivity index (χ3n) is 3.15. The number of rotatable bonds is 2. The topological polar surface area (TPSA) is 39.4 Å². The molecule has 0 radical (unpaired) electrons. The van der Waals surface area contributed by atoms with E-state index in [1.54, 1.807) is 7.11 Å². The molecule has 3 rings (SSSR count). The molecule has 0 aromatic carbocycles. The molecule has 1 aliphatic rings. The van der Waals surface area contributed by atoms with E-state index in [4.69, 9.17) is 4.74 Å². The SMILES string of the molecule is COc1cccn2nc(C3CCSCC3)nc12. The zero-order valence-electron chi connectivity index (χ0n) is 9.80. The number of aromatic nitrogens is 3. The van der Waals surface area contributed by atoms with Crippen molar-refractivity contribution in [3.8, 4) is 5.75 Å². The summed E-state index contributed by atoms with van der Waals surface area (Å²) in [6.45, 7) is 0. The van der Waals surface area contributed by atoms with Crippen molar-refractivity contribution < 1.29 is 4.74 Å². The molecule has 2 aromatic rings. The first kappa shape index (κ1) is 10.9. The molecule has 1 aliphatic heterocycles. The fraction of sp³-hybridized carbons (Fsp3) is 0.500. The summed E-state index contributed by atoms with van der Waals surface area (Å²) in [5, 5.41) is 4.56. The number of methoxy groups -OCH3 is 1. The van der Waals surface area contributed by atoms with Gasteiger partial charge < -0.3 is 4.74 Å². The minimum Gasteiger partial charge on any atom is -0.493 e. The molecule has 3 heterocycles. The summed E-state index contributed by atoms with van der Waals surface area (Å²) in [5.74, 6) is 4.71. The lowest BCUT2D eigenvalue weighted by atomic mass is 10.0. The van der Waals surface area contributed by atoms with E-state index in [-0.39, 0.29) is 0 Å². The first-order chi connectivity index (χ1) is 8.38. The number of pyridine rings is 1. The molecule has 0 bridgehead atoms. The van der Waals surface area contributed by atoms with Gasteiger partial charge in [0.15, 0.2) is 17.2 Å². The van der Waals surface area contributed by atoms with Gasteiger partial charge in [0.2, 0.25) is 0 Å². The Labute approximate surface area is 104 Å². The number of nitrogens with zero attached hydrogens (tertiary/aromatic N) is 3. The average molecular weight is 249 g/mol. The van der Waals surface area contributed by atoms with Gasteiger partial charge in [0.05, 0.1) is 7.11 Å². The van der Waals surface area contributed by atoms with Crippen molar-refractivity contribution in [2.24, 2.45) is 0 Å². The van der Waals surface area contributed by atoms with E-state index >= 15 is 0 Å². The molecule has 0 amide bonds. The molecule has 2 aromatic heterocycles. The molecule has 0 aliphatic carbocycles. The van der Waals surface area contributed by atoms with Crippen LogP contribution in [0.15, 0.2) is 18.3 Å². The van der Waals surface area contributed by atoms with Crippen molar-refractivity contribution in [2.75, 3.05) is 18.6 Å². The van der Waals surface area contributed by atoms with Crippen molar-refractivity contribution in [2.45, 2.75) is 18.8 Å². The maximum atomic E-state index is 5.30. The van der Waals surface area contributed by atoms with E-state index in [0.29, 0.717) is 5.92 Å². The second-order valence-electron chi connectivity index (χ2n) is 4.20. The number of ether oxygens (including phenoxy) is 1. The lowest BCUT2D eigenvalue weighted by Crippen LogP contribution is -2.09. The van der Waals surface area contributed by atoms with Crippen LogP contribution in [0.25, 0.3) is 5.65 Å². The predicted molar refractivity (Wildman–Crippen MR) is 68.8 cm³/mol. The van der Waals surface area contributed by atoms with Gasteiger partial charge in [-0.15, -0.1) is 0 Å². The quantitative estimate of drug-likeness (QED) is 0.819. The fourth-order valence-electron chi connectivity index (χ4n) is 2.19. The van der Waals surface area contributed by atoms with Crippen LogP contribution >= 0.6 is 11.8 Å². The summed E-state index contributed by atoms with van der Waals surface area (Å²) in [6.07, 6.45) is 4.29. The molecule has 5 heteroatoms. The lowest BCUT2D eigenvalue weighted by molar-refractivity contribution is 0.416. The van der Waals surface area contributed by atoms with Crippen molar-refractivity contribution >= 4 is 17.4 Å². The summed E-state index contributed by atoms with van der Waals surface area (Å²) in [5.41, 5.74) is 0.822. The Morgan fingerprint density at radius 2 is 2.24 bits per heavy atom. The van der Waals surface area contributed by atoms with Crippen LogP contribution in [0.1, 0.15) is 24.6 Å². The average Bonchev–Trinajstić information content (AvgIpc) is 2.83. The van der Waals surface area contributed by atoms with E-state index < -0.39 is 0 Å². The zero-order chi connectivity index (χ0) is 11.7. The van der Waals surface area contributed by atoms with Crippen LogP contribution in [0.5, 0.6) is 5.75 Å². The maximum absolute atomic E-state index is 5.30. The van der Waals surface area contributed by atoms with Crippen LogP contribution in [0, 0.1) is 0 Å². The minimum absolute atomic E-state index is 0.515. The second kappa shape index (κ2) is 4.56. The summed E-state index contributed by atoms with van der Waals surface area (Å²) >= 11 is 2.02. The molecule has 0 spiro atoms. The monoisotopic (exact) mass is 249 g/mol. The number of thioether (sulfide) groups is 1. The largest absolute Gasteiger partial charge is 0.493 e. The minimum atomic E-state index is 0.515. The molecule has 0 saturated carbocycles. The molecule has 90 valence electrons. The van der Waals surface area contributed by atoms with E-state index in [9.17, 15) is 0 Å². The molecule has 1 fully saturated rings.